The molecule has 11 heteroatoms. The molecule has 0 aromatic carbocycles. The van der Waals surface area contributed by atoms with Crippen molar-refractivity contribution in [3.63, 3.8) is 0 Å². The number of aliphatic hydroxyl groups excluding tert-OH is 2. The number of aliphatic hydroxyl groups is 2. The minimum absolute atomic E-state index is 0.190. The Hall–Kier alpha value is -1.29. The molecule has 0 heterocycles. The standard InChI is InChI=1S/C50H97O10P/c1-3-5-7-9-11-13-15-17-19-20-21-22-23-24-25-26-28-30-32-34-36-38-40-42-50(54)60-48(46-59-61(55,56)58-44-47(52)43-51)45-57-49(53)41-39-37-35-33-31-29-27-18-16-14-12-10-8-6-4-2/h14,16,47-48,51-52H,3-13,15,17-46H2,1-2H3,(H,55,56)/b16-14+/t47-,48+/m0/s1. The van der Waals surface area contributed by atoms with Crippen molar-refractivity contribution < 1.29 is 47.8 Å². The van der Waals surface area contributed by atoms with E-state index in [1.165, 1.54) is 173 Å². The van der Waals surface area contributed by atoms with Gasteiger partial charge in [-0.2, -0.15) is 0 Å². The molecule has 0 radical (unpaired) electrons. The molecule has 10 nitrogen and oxygen atoms in total. The van der Waals surface area contributed by atoms with Crippen LogP contribution in [0.15, 0.2) is 12.2 Å². The summed E-state index contributed by atoms with van der Waals surface area (Å²) in [6, 6.07) is 0. The van der Waals surface area contributed by atoms with Crippen molar-refractivity contribution in [2.45, 2.75) is 270 Å². The van der Waals surface area contributed by atoms with E-state index < -0.39 is 51.8 Å². The molecule has 1 unspecified atom stereocenters. The lowest BCUT2D eigenvalue weighted by Crippen LogP contribution is -2.29. The Morgan fingerprint density at radius 1 is 0.475 bits per heavy atom. The molecule has 0 aliphatic heterocycles. The molecule has 0 saturated heterocycles. The lowest BCUT2D eigenvalue weighted by Gasteiger charge is -2.20. The number of unbranched alkanes of at least 4 members (excludes halogenated alkanes) is 33. The van der Waals surface area contributed by atoms with Gasteiger partial charge in [-0.1, -0.05) is 219 Å². The van der Waals surface area contributed by atoms with Crippen LogP contribution in [-0.4, -0.2) is 65.7 Å². The summed E-state index contributed by atoms with van der Waals surface area (Å²) in [5.41, 5.74) is 0. The first-order valence-electron chi connectivity index (χ1n) is 25.6. The second kappa shape index (κ2) is 46.7. The van der Waals surface area contributed by atoms with E-state index in [2.05, 4.69) is 26.0 Å². The zero-order valence-corrected chi connectivity index (χ0v) is 40.5. The number of allylic oxidation sites excluding steroid dienone is 2. The number of esters is 2. The van der Waals surface area contributed by atoms with E-state index in [9.17, 15) is 24.2 Å². The van der Waals surface area contributed by atoms with Crippen molar-refractivity contribution in [3.8, 4) is 0 Å². The molecule has 0 aromatic rings. The maximum atomic E-state index is 12.7. The van der Waals surface area contributed by atoms with Crippen LogP contribution in [0.25, 0.3) is 0 Å². The predicted octanol–water partition coefficient (Wildman–Crippen LogP) is 14.3. The van der Waals surface area contributed by atoms with Crippen molar-refractivity contribution >= 4 is 19.8 Å². The minimum atomic E-state index is -4.62. The number of hydrogen-bond acceptors (Lipinski definition) is 9. The highest BCUT2D eigenvalue weighted by Crippen LogP contribution is 2.43. The second-order valence-electron chi connectivity index (χ2n) is 17.6. The lowest BCUT2D eigenvalue weighted by molar-refractivity contribution is -0.161. The normalized spacial score (nSPS) is 13.7. The highest BCUT2D eigenvalue weighted by Gasteiger charge is 2.27. The third-order valence-electron chi connectivity index (χ3n) is 11.4. The monoisotopic (exact) mass is 889 g/mol. The molecule has 0 rings (SSSR count). The quantitative estimate of drug-likeness (QED) is 0.0233. The summed E-state index contributed by atoms with van der Waals surface area (Å²) in [5, 5.41) is 18.4. The number of carbonyl (C=O) groups excluding carboxylic acids is 2. The van der Waals surface area contributed by atoms with Crippen LogP contribution in [0.4, 0.5) is 0 Å². The Labute approximate surface area is 375 Å². The number of phosphoric ester groups is 1. The predicted molar refractivity (Wildman–Crippen MR) is 252 cm³/mol. The van der Waals surface area contributed by atoms with Crippen LogP contribution in [0.3, 0.4) is 0 Å². The average molecular weight is 889 g/mol. The molecule has 362 valence electrons. The topological polar surface area (TPSA) is 149 Å². The summed E-state index contributed by atoms with van der Waals surface area (Å²) in [7, 11) is -4.62. The molecule has 3 atom stereocenters. The Bertz CT molecular complexity index is 1020. The first kappa shape index (κ1) is 59.7. The van der Waals surface area contributed by atoms with Crippen molar-refractivity contribution in [3.05, 3.63) is 12.2 Å². The fraction of sp³-hybridized carbons (Fsp3) is 0.920. The van der Waals surface area contributed by atoms with Crippen LogP contribution in [0.1, 0.15) is 258 Å². The third kappa shape index (κ3) is 46.5. The fourth-order valence-electron chi connectivity index (χ4n) is 7.46. The SMILES string of the molecule is CCCCCC/C=C/CCCCCCCCCC(=O)OC[C@H](COP(=O)(O)OC[C@@H](O)CO)OC(=O)CCCCCCCCCCCCCCCCCCCCCCCCC. The Balaban J connectivity index is 4.11. The maximum absolute atomic E-state index is 12.7. The number of hydrogen-bond donors (Lipinski definition) is 3. The Morgan fingerprint density at radius 3 is 1.20 bits per heavy atom. The zero-order chi connectivity index (χ0) is 44.8. The molecule has 0 amide bonds. The van der Waals surface area contributed by atoms with Crippen LogP contribution in [0.2, 0.25) is 0 Å². The fourth-order valence-corrected chi connectivity index (χ4v) is 8.25. The van der Waals surface area contributed by atoms with Gasteiger partial charge in [-0.25, -0.2) is 4.57 Å². The van der Waals surface area contributed by atoms with Gasteiger partial charge in [0, 0.05) is 12.8 Å². The van der Waals surface area contributed by atoms with Crippen LogP contribution in [-0.2, 0) is 32.7 Å². The maximum Gasteiger partial charge on any atom is 0.472 e. The first-order valence-corrected chi connectivity index (χ1v) is 27.1. The summed E-state index contributed by atoms with van der Waals surface area (Å²) in [5.74, 6) is -0.914. The molecule has 0 spiro atoms. The van der Waals surface area contributed by atoms with Gasteiger partial charge >= 0.3 is 19.8 Å². The summed E-state index contributed by atoms with van der Waals surface area (Å²) in [6.07, 6.45) is 47.5. The van der Waals surface area contributed by atoms with Crippen LogP contribution in [0.5, 0.6) is 0 Å². The van der Waals surface area contributed by atoms with E-state index in [-0.39, 0.29) is 19.4 Å². The number of phosphoric acid groups is 1. The van der Waals surface area contributed by atoms with E-state index in [1.54, 1.807) is 0 Å². The van der Waals surface area contributed by atoms with Crippen molar-refractivity contribution in [1.29, 1.82) is 0 Å². The van der Waals surface area contributed by atoms with E-state index in [4.69, 9.17) is 23.6 Å². The van der Waals surface area contributed by atoms with Gasteiger partial charge in [0.25, 0.3) is 0 Å². The summed E-state index contributed by atoms with van der Waals surface area (Å²) in [6.45, 7) is 2.42. The van der Waals surface area contributed by atoms with E-state index in [0.29, 0.717) is 12.8 Å². The molecule has 0 bridgehead atoms. The number of rotatable bonds is 49. The zero-order valence-electron chi connectivity index (χ0n) is 39.7. The number of ether oxygens (including phenoxy) is 2. The van der Waals surface area contributed by atoms with Gasteiger partial charge in [0.05, 0.1) is 19.8 Å². The van der Waals surface area contributed by atoms with E-state index in [1.807, 2.05) is 0 Å². The van der Waals surface area contributed by atoms with Gasteiger partial charge in [0.2, 0.25) is 0 Å². The van der Waals surface area contributed by atoms with Crippen LogP contribution < -0.4 is 0 Å². The second-order valence-corrected chi connectivity index (χ2v) is 19.0. The van der Waals surface area contributed by atoms with Crippen LogP contribution >= 0.6 is 7.82 Å². The minimum Gasteiger partial charge on any atom is -0.462 e. The highest BCUT2D eigenvalue weighted by molar-refractivity contribution is 7.47. The molecule has 0 fully saturated rings. The summed E-state index contributed by atoms with van der Waals surface area (Å²) in [4.78, 5) is 35.1. The molecule has 3 N–H and O–H groups in total. The first-order chi connectivity index (χ1) is 29.7. The molecule has 61 heavy (non-hydrogen) atoms. The molecular weight excluding hydrogens is 792 g/mol. The summed E-state index contributed by atoms with van der Waals surface area (Å²) < 4.78 is 32.9. The van der Waals surface area contributed by atoms with Gasteiger partial charge in [-0.3, -0.25) is 18.6 Å². The lowest BCUT2D eigenvalue weighted by atomic mass is 10.0. The van der Waals surface area contributed by atoms with Gasteiger partial charge in [-0.05, 0) is 38.5 Å². The average Bonchev–Trinajstić information content (AvgIpc) is 3.25. The van der Waals surface area contributed by atoms with E-state index >= 15 is 0 Å². The molecule has 0 aliphatic carbocycles. The highest BCUT2D eigenvalue weighted by atomic mass is 31.2. The van der Waals surface area contributed by atoms with Crippen molar-refractivity contribution in [2.75, 3.05) is 26.4 Å². The van der Waals surface area contributed by atoms with Gasteiger partial charge in [-0.15, -0.1) is 0 Å². The van der Waals surface area contributed by atoms with Gasteiger partial charge < -0.3 is 24.6 Å². The Kier molecular flexibility index (Phi) is 45.7. The molecule has 0 aromatic heterocycles. The molecule has 0 aliphatic rings. The van der Waals surface area contributed by atoms with Gasteiger partial charge in [0.1, 0.15) is 12.7 Å². The Morgan fingerprint density at radius 2 is 0.803 bits per heavy atom. The largest absolute Gasteiger partial charge is 0.472 e. The van der Waals surface area contributed by atoms with E-state index in [0.717, 1.165) is 44.9 Å². The molecular formula is C50H97O10P. The third-order valence-corrected chi connectivity index (χ3v) is 12.4. The molecule has 0 saturated carbocycles. The van der Waals surface area contributed by atoms with Crippen molar-refractivity contribution in [2.24, 2.45) is 0 Å². The summed E-state index contributed by atoms with van der Waals surface area (Å²) >= 11 is 0. The number of carbonyl (C=O) groups is 2. The van der Waals surface area contributed by atoms with Gasteiger partial charge in [0.15, 0.2) is 6.10 Å². The smallest absolute Gasteiger partial charge is 0.462 e. The van der Waals surface area contributed by atoms with Crippen LogP contribution in [0, 0.1) is 0 Å². The van der Waals surface area contributed by atoms with Crippen molar-refractivity contribution in [1.82, 2.24) is 0 Å².